The largest absolute Gasteiger partial charge is 0.481 e. The Hall–Kier alpha value is -1.85. The van der Waals surface area contributed by atoms with Gasteiger partial charge in [-0.15, -0.1) is 0 Å². The summed E-state index contributed by atoms with van der Waals surface area (Å²) < 4.78 is 5.20. The van der Waals surface area contributed by atoms with Crippen LogP contribution in [-0.2, 0) is 4.79 Å². The van der Waals surface area contributed by atoms with E-state index in [-0.39, 0.29) is 17.7 Å². The summed E-state index contributed by atoms with van der Waals surface area (Å²) in [7, 11) is 0. The average molecular weight is 282 g/mol. The van der Waals surface area contributed by atoms with Crippen molar-refractivity contribution in [1.82, 2.24) is 10.3 Å². The molecule has 0 aliphatic heterocycles. The molecule has 2 N–H and O–H groups in total. The molecule has 0 aromatic carbocycles. The van der Waals surface area contributed by atoms with Crippen molar-refractivity contribution in [3.63, 3.8) is 0 Å². The van der Waals surface area contributed by atoms with Crippen LogP contribution in [0.4, 0.5) is 0 Å². The fourth-order valence-electron chi connectivity index (χ4n) is 2.02. The van der Waals surface area contributed by atoms with Crippen LogP contribution in [0, 0.1) is 25.2 Å². The number of hydrogen-bond acceptors (Lipinski definition) is 4. The second kappa shape index (κ2) is 6.07. The monoisotopic (exact) mass is 282 g/mol. The Morgan fingerprint density at radius 2 is 1.95 bits per heavy atom. The third-order valence-corrected chi connectivity index (χ3v) is 2.83. The summed E-state index contributed by atoms with van der Waals surface area (Å²) in [5.74, 6) is -1.41. The van der Waals surface area contributed by atoms with Crippen molar-refractivity contribution in [2.45, 2.75) is 41.0 Å². The molecular weight excluding hydrogens is 260 g/mol. The van der Waals surface area contributed by atoms with Crippen LogP contribution >= 0.6 is 0 Å². The number of rotatable bonds is 5. The fourth-order valence-corrected chi connectivity index (χ4v) is 2.02. The lowest BCUT2D eigenvalue weighted by molar-refractivity contribution is -0.142. The van der Waals surface area contributed by atoms with Gasteiger partial charge in [0.05, 0.1) is 11.6 Å². The molecule has 1 aromatic heterocycles. The molecule has 6 heteroatoms. The molecule has 112 valence electrons. The van der Waals surface area contributed by atoms with Crippen LogP contribution in [0.3, 0.4) is 0 Å². The predicted molar refractivity (Wildman–Crippen MR) is 73.5 cm³/mol. The van der Waals surface area contributed by atoms with E-state index >= 15 is 0 Å². The summed E-state index contributed by atoms with van der Waals surface area (Å²) in [4.78, 5) is 27.2. The van der Waals surface area contributed by atoms with Crippen LogP contribution in [0.25, 0.3) is 0 Å². The minimum Gasteiger partial charge on any atom is -0.481 e. The molecule has 1 atom stereocenters. The smallest absolute Gasteiger partial charge is 0.308 e. The zero-order chi connectivity index (χ0) is 15.5. The lowest BCUT2D eigenvalue weighted by atomic mass is 9.84. The Morgan fingerprint density at radius 3 is 2.35 bits per heavy atom. The first-order valence-corrected chi connectivity index (χ1v) is 6.55. The van der Waals surface area contributed by atoms with Crippen LogP contribution in [0.2, 0.25) is 0 Å². The van der Waals surface area contributed by atoms with E-state index in [1.54, 1.807) is 13.8 Å². The molecular formula is C14H22N2O4. The SMILES string of the molecule is Cc1nc(C)c(C(=O)NCC(CC(C)(C)C)C(=O)O)o1. The van der Waals surface area contributed by atoms with E-state index in [2.05, 4.69) is 10.3 Å². The van der Waals surface area contributed by atoms with Gasteiger partial charge in [0, 0.05) is 13.5 Å². The van der Waals surface area contributed by atoms with Gasteiger partial charge in [0.2, 0.25) is 5.76 Å². The molecule has 0 radical (unpaired) electrons. The van der Waals surface area contributed by atoms with Crippen LogP contribution in [-0.4, -0.2) is 28.5 Å². The molecule has 0 bridgehead atoms. The van der Waals surface area contributed by atoms with Gasteiger partial charge in [0.15, 0.2) is 5.89 Å². The van der Waals surface area contributed by atoms with Crippen molar-refractivity contribution >= 4 is 11.9 Å². The van der Waals surface area contributed by atoms with Crippen LogP contribution in [0.1, 0.15) is 49.3 Å². The molecule has 0 aliphatic rings. The van der Waals surface area contributed by atoms with E-state index in [1.165, 1.54) is 0 Å². The van der Waals surface area contributed by atoms with Crippen molar-refractivity contribution in [2.24, 2.45) is 11.3 Å². The lowest BCUT2D eigenvalue weighted by Gasteiger charge is -2.23. The Labute approximate surface area is 118 Å². The molecule has 0 fully saturated rings. The number of hydrogen-bond donors (Lipinski definition) is 2. The number of carbonyl (C=O) groups excluding carboxylic acids is 1. The molecule has 1 amide bonds. The first kappa shape index (κ1) is 16.2. The van der Waals surface area contributed by atoms with E-state index in [0.29, 0.717) is 18.0 Å². The van der Waals surface area contributed by atoms with Crippen molar-refractivity contribution in [2.75, 3.05) is 6.54 Å². The maximum absolute atomic E-state index is 11.9. The van der Waals surface area contributed by atoms with Gasteiger partial charge in [-0.3, -0.25) is 9.59 Å². The molecule has 0 saturated carbocycles. The molecule has 1 aromatic rings. The second-order valence-corrected chi connectivity index (χ2v) is 6.16. The first-order valence-electron chi connectivity index (χ1n) is 6.55. The van der Waals surface area contributed by atoms with E-state index in [4.69, 9.17) is 4.42 Å². The number of oxazole rings is 1. The third-order valence-electron chi connectivity index (χ3n) is 2.83. The molecule has 1 heterocycles. The summed E-state index contributed by atoms with van der Waals surface area (Å²) >= 11 is 0. The fraction of sp³-hybridized carbons (Fsp3) is 0.643. The van der Waals surface area contributed by atoms with Crippen LogP contribution < -0.4 is 5.32 Å². The van der Waals surface area contributed by atoms with Gasteiger partial charge in [-0.1, -0.05) is 20.8 Å². The Morgan fingerprint density at radius 1 is 1.35 bits per heavy atom. The van der Waals surface area contributed by atoms with E-state index in [9.17, 15) is 14.7 Å². The topological polar surface area (TPSA) is 92.4 Å². The van der Waals surface area contributed by atoms with Crippen molar-refractivity contribution in [3.05, 3.63) is 17.3 Å². The molecule has 6 nitrogen and oxygen atoms in total. The zero-order valence-corrected chi connectivity index (χ0v) is 12.6. The van der Waals surface area contributed by atoms with Gasteiger partial charge in [0.1, 0.15) is 0 Å². The number of carboxylic acids is 1. The van der Waals surface area contributed by atoms with Crippen molar-refractivity contribution in [1.29, 1.82) is 0 Å². The number of nitrogens with zero attached hydrogens (tertiary/aromatic N) is 1. The van der Waals surface area contributed by atoms with Gasteiger partial charge in [-0.05, 0) is 18.8 Å². The number of carboxylic acid groups (broad SMARTS) is 1. The minimum atomic E-state index is -0.911. The molecule has 0 spiro atoms. The van der Waals surface area contributed by atoms with Crippen molar-refractivity contribution in [3.8, 4) is 0 Å². The van der Waals surface area contributed by atoms with E-state index < -0.39 is 17.8 Å². The Balaban J connectivity index is 2.66. The molecule has 1 unspecified atom stereocenters. The zero-order valence-electron chi connectivity index (χ0n) is 12.6. The van der Waals surface area contributed by atoms with Gasteiger partial charge in [-0.25, -0.2) is 4.98 Å². The number of aliphatic carboxylic acids is 1. The van der Waals surface area contributed by atoms with Crippen molar-refractivity contribution < 1.29 is 19.1 Å². The highest BCUT2D eigenvalue weighted by Gasteiger charge is 2.26. The molecule has 0 aliphatic carbocycles. The average Bonchev–Trinajstić information content (AvgIpc) is 2.61. The number of aromatic nitrogens is 1. The Bertz CT molecular complexity index is 500. The maximum Gasteiger partial charge on any atom is 0.308 e. The van der Waals surface area contributed by atoms with Crippen LogP contribution in [0.5, 0.6) is 0 Å². The van der Waals surface area contributed by atoms with Gasteiger partial charge < -0.3 is 14.8 Å². The van der Waals surface area contributed by atoms with E-state index in [1.807, 2.05) is 20.8 Å². The third kappa shape index (κ3) is 4.68. The molecule has 1 rings (SSSR count). The van der Waals surface area contributed by atoms with Gasteiger partial charge in [0.25, 0.3) is 5.91 Å². The van der Waals surface area contributed by atoms with Gasteiger partial charge >= 0.3 is 5.97 Å². The maximum atomic E-state index is 11.9. The summed E-state index contributed by atoms with van der Waals surface area (Å²) in [6.07, 6.45) is 0.483. The standard InChI is InChI=1S/C14H22N2O4/c1-8-11(20-9(2)16-8)12(17)15-7-10(13(18)19)6-14(3,4)5/h10H,6-7H2,1-5H3,(H,15,17)(H,18,19). The first-order chi connectivity index (χ1) is 9.10. The highest BCUT2D eigenvalue weighted by atomic mass is 16.4. The summed E-state index contributed by atoms with van der Waals surface area (Å²) in [5.41, 5.74) is 0.384. The second-order valence-electron chi connectivity index (χ2n) is 6.16. The Kier molecular flexibility index (Phi) is 4.92. The number of aryl methyl sites for hydroxylation is 2. The summed E-state index contributed by atoms with van der Waals surface area (Å²) in [6, 6.07) is 0. The minimum absolute atomic E-state index is 0.0740. The van der Waals surface area contributed by atoms with Gasteiger partial charge in [-0.2, -0.15) is 0 Å². The highest BCUT2D eigenvalue weighted by molar-refractivity contribution is 5.92. The predicted octanol–water partition coefficient (Wildman–Crippen LogP) is 2.16. The normalized spacial score (nSPS) is 13.1. The van der Waals surface area contributed by atoms with Crippen LogP contribution in [0.15, 0.2) is 4.42 Å². The molecule has 0 saturated heterocycles. The highest BCUT2D eigenvalue weighted by Crippen LogP contribution is 2.24. The summed E-state index contributed by atoms with van der Waals surface area (Å²) in [5, 5.41) is 11.8. The number of carbonyl (C=O) groups is 2. The van der Waals surface area contributed by atoms with E-state index in [0.717, 1.165) is 0 Å². The molecule has 20 heavy (non-hydrogen) atoms. The quantitative estimate of drug-likeness (QED) is 0.863. The number of nitrogens with one attached hydrogen (secondary N) is 1. The lowest BCUT2D eigenvalue weighted by Crippen LogP contribution is -2.35. The summed E-state index contributed by atoms with van der Waals surface area (Å²) in [6.45, 7) is 9.31. The number of amides is 1.